The van der Waals surface area contributed by atoms with Gasteiger partial charge in [-0.15, -0.1) is 0 Å². The van der Waals surface area contributed by atoms with Gasteiger partial charge in [0.15, 0.2) is 18.1 Å². The van der Waals surface area contributed by atoms with E-state index >= 15 is 0 Å². The molecular formula is C17H16INO8S. The van der Waals surface area contributed by atoms with Gasteiger partial charge < -0.3 is 19.3 Å². The number of carbonyl (C=O) groups excluding carboxylic acids is 3. The van der Waals surface area contributed by atoms with Crippen LogP contribution < -0.4 is 9.47 Å². The Bertz CT molecular complexity index is 869. The molecule has 1 aromatic carbocycles. The van der Waals surface area contributed by atoms with Crippen molar-refractivity contribution in [3.63, 3.8) is 0 Å². The highest BCUT2D eigenvalue weighted by Gasteiger charge is 2.41. The lowest BCUT2D eigenvalue weighted by Gasteiger charge is -2.18. The molecule has 1 N–H and O–H groups in total. The molecule has 0 radical (unpaired) electrons. The summed E-state index contributed by atoms with van der Waals surface area (Å²) in [5.41, 5.74) is 0.542. The van der Waals surface area contributed by atoms with Crippen LogP contribution >= 0.6 is 34.4 Å². The second-order valence-electron chi connectivity index (χ2n) is 5.47. The van der Waals surface area contributed by atoms with E-state index in [1.54, 1.807) is 12.1 Å². The zero-order chi connectivity index (χ0) is 21.0. The molecular weight excluding hydrogens is 505 g/mol. The minimum Gasteiger partial charge on any atom is -0.493 e. The van der Waals surface area contributed by atoms with Crippen LogP contribution in [0.3, 0.4) is 0 Å². The SMILES string of the molecule is COC(=O)[C@@H](C)N1C(=O)S/C(=C/c2cc(I)c(OCC(=O)O)c(OC)c2)C1=O. The second kappa shape index (κ2) is 9.28. The lowest BCUT2D eigenvalue weighted by molar-refractivity contribution is -0.148. The summed E-state index contributed by atoms with van der Waals surface area (Å²) >= 11 is 2.66. The van der Waals surface area contributed by atoms with Crippen molar-refractivity contribution >= 4 is 63.5 Å². The molecule has 1 aromatic rings. The van der Waals surface area contributed by atoms with Crippen molar-refractivity contribution in [3.8, 4) is 11.5 Å². The van der Waals surface area contributed by atoms with Gasteiger partial charge in [-0.3, -0.25) is 14.5 Å². The Morgan fingerprint density at radius 1 is 1.32 bits per heavy atom. The summed E-state index contributed by atoms with van der Waals surface area (Å²) in [7, 11) is 2.57. The molecule has 0 aromatic heterocycles. The summed E-state index contributed by atoms with van der Waals surface area (Å²) in [4.78, 5) is 48.1. The van der Waals surface area contributed by atoms with Gasteiger partial charge in [-0.05, 0) is 65.0 Å². The zero-order valence-corrected chi connectivity index (χ0v) is 18.0. The highest BCUT2D eigenvalue weighted by molar-refractivity contribution is 14.1. The molecule has 0 unspecified atom stereocenters. The number of carboxylic acids is 1. The van der Waals surface area contributed by atoms with Crippen molar-refractivity contribution in [2.75, 3.05) is 20.8 Å². The van der Waals surface area contributed by atoms with Gasteiger partial charge in [0.1, 0.15) is 6.04 Å². The monoisotopic (exact) mass is 521 g/mol. The third-order valence-electron chi connectivity index (χ3n) is 3.64. The number of hydrogen-bond donors (Lipinski definition) is 1. The molecule has 0 aliphatic carbocycles. The number of imide groups is 1. The Balaban J connectivity index is 2.33. The fourth-order valence-electron chi connectivity index (χ4n) is 2.34. The molecule has 150 valence electrons. The van der Waals surface area contributed by atoms with Gasteiger partial charge in [0.2, 0.25) is 0 Å². The number of nitrogens with zero attached hydrogens (tertiary/aromatic N) is 1. The van der Waals surface area contributed by atoms with Crippen molar-refractivity contribution in [2.45, 2.75) is 13.0 Å². The summed E-state index contributed by atoms with van der Waals surface area (Å²) in [5, 5.41) is 8.19. The number of hydrogen-bond acceptors (Lipinski definition) is 8. The molecule has 9 nitrogen and oxygen atoms in total. The van der Waals surface area contributed by atoms with Crippen molar-refractivity contribution < 1.29 is 38.5 Å². The lowest BCUT2D eigenvalue weighted by Crippen LogP contribution is -2.42. The molecule has 0 spiro atoms. The van der Waals surface area contributed by atoms with E-state index in [1.165, 1.54) is 27.2 Å². The van der Waals surface area contributed by atoms with E-state index in [0.717, 1.165) is 4.90 Å². The molecule has 0 bridgehead atoms. The van der Waals surface area contributed by atoms with Crippen LogP contribution in [0.1, 0.15) is 12.5 Å². The summed E-state index contributed by atoms with van der Waals surface area (Å²) in [6.45, 7) is 0.877. The van der Waals surface area contributed by atoms with Crippen LogP contribution in [0.2, 0.25) is 0 Å². The van der Waals surface area contributed by atoms with Crippen LogP contribution in [0.4, 0.5) is 4.79 Å². The van der Waals surface area contributed by atoms with Crippen LogP contribution in [0.15, 0.2) is 17.0 Å². The first-order chi connectivity index (χ1) is 13.2. The number of aliphatic carboxylic acids is 1. The van der Waals surface area contributed by atoms with Gasteiger partial charge in [-0.2, -0.15) is 0 Å². The quantitative estimate of drug-likeness (QED) is 0.328. The smallest absolute Gasteiger partial charge is 0.341 e. The first kappa shape index (κ1) is 22.0. The molecule has 1 fully saturated rings. The summed E-state index contributed by atoms with van der Waals surface area (Å²) in [6, 6.07) is 2.17. The number of carboxylic acid groups (broad SMARTS) is 1. The normalized spacial score (nSPS) is 16.3. The molecule has 1 atom stereocenters. The molecule has 1 aliphatic heterocycles. The van der Waals surface area contributed by atoms with Crippen molar-refractivity contribution in [1.82, 2.24) is 4.90 Å². The zero-order valence-electron chi connectivity index (χ0n) is 15.1. The maximum atomic E-state index is 12.6. The first-order valence-corrected chi connectivity index (χ1v) is 9.66. The van der Waals surface area contributed by atoms with Gasteiger partial charge in [-0.1, -0.05) is 0 Å². The van der Waals surface area contributed by atoms with E-state index in [1.807, 2.05) is 22.6 Å². The highest BCUT2D eigenvalue weighted by atomic mass is 127. The number of carbonyl (C=O) groups is 4. The largest absolute Gasteiger partial charge is 0.493 e. The minimum absolute atomic E-state index is 0.137. The number of esters is 1. The summed E-state index contributed by atoms with van der Waals surface area (Å²) in [5.74, 6) is -1.89. The van der Waals surface area contributed by atoms with Gasteiger partial charge in [0.25, 0.3) is 11.1 Å². The Hall–Kier alpha value is -2.28. The minimum atomic E-state index is -1.13. The topological polar surface area (TPSA) is 119 Å². The van der Waals surface area contributed by atoms with Crippen LogP contribution in [-0.4, -0.2) is 60.0 Å². The van der Waals surface area contributed by atoms with Crippen LogP contribution in [-0.2, 0) is 19.1 Å². The van der Waals surface area contributed by atoms with E-state index in [2.05, 4.69) is 4.74 Å². The van der Waals surface area contributed by atoms with E-state index in [9.17, 15) is 19.2 Å². The Morgan fingerprint density at radius 2 is 2.00 bits per heavy atom. The third-order valence-corrected chi connectivity index (χ3v) is 5.33. The summed E-state index contributed by atoms with van der Waals surface area (Å²) < 4.78 is 15.6. The highest BCUT2D eigenvalue weighted by Crippen LogP contribution is 2.37. The molecule has 2 rings (SSSR count). The standard InChI is InChI=1S/C17H16INO8S/c1-8(16(23)26-3)19-15(22)12(28-17(19)24)6-9-4-10(18)14(11(5-9)25-2)27-7-13(20)21/h4-6,8H,7H2,1-3H3,(H,20,21)/b12-6+/t8-/m1/s1. The number of rotatable bonds is 7. The van der Waals surface area contributed by atoms with Crippen molar-refractivity contribution in [2.24, 2.45) is 0 Å². The Labute approximate surface area is 178 Å². The number of thioether (sulfide) groups is 1. The fourth-order valence-corrected chi connectivity index (χ4v) is 4.03. The molecule has 1 saturated heterocycles. The lowest BCUT2D eigenvalue weighted by atomic mass is 10.1. The van der Waals surface area contributed by atoms with Crippen molar-refractivity contribution in [1.29, 1.82) is 0 Å². The van der Waals surface area contributed by atoms with Crippen LogP contribution in [0.5, 0.6) is 11.5 Å². The average molecular weight is 521 g/mol. The van der Waals surface area contributed by atoms with E-state index in [0.29, 0.717) is 20.9 Å². The number of benzene rings is 1. The van der Waals surface area contributed by atoms with E-state index < -0.39 is 35.7 Å². The molecule has 28 heavy (non-hydrogen) atoms. The predicted octanol–water partition coefficient (Wildman–Crippen LogP) is 2.36. The predicted molar refractivity (Wildman–Crippen MR) is 108 cm³/mol. The molecule has 0 saturated carbocycles. The molecule has 1 aliphatic rings. The van der Waals surface area contributed by atoms with Crippen LogP contribution in [0, 0.1) is 3.57 Å². The number of amides is 2. The van der Waals surface area contributed by atoms with Gasteiger partial charge in [0, 0.05) is 0 Å². The Morgan fingerprint density at radius 3 is 2.57 bits per heavy atom. The number of halogens is 1. The van der Waals surface area contributed by atoms with E-state index in [4.69, 9.17) is 14.6 Å². The second-order valence-corrected chi connectivity index (χ2v) is 7.62. The third kappa shape index (κ3) is 4.76. The number of methoxy groups -OCH3 is 2. The fraction of sp³-hybridized carbons (Fsp3) is 0.294. The van der Waals surface area contributed by atoms with Crippen LogP contribution in [0.25, 0.3) is 6.08 Å². The Kier molecular flexibility index (Phi) is 7.29. The van der Waals surface area contributed by atoms with Gasteiger partial charge >= 0.3 is 11.9 Å². The summed E-state index contributed by atoms with van der Waals surface area (Å²) in [6.07, 6.45) is 1.49. The molecule has 2 amide bonds. The maximum Gasteiger partial charge on any atom is 0.341 e. The number of ether oxygens (including phenoxy) is 3. The van der Waals surface area contributed by atoms with E-state index in [-0.39, 0.29) is 16.4 Å². The molecule has 1 heterocycles. The first-order valence-electron chi connectivity index (χ1n) is 7.76. The maximum absolute atomic E-state index is 12.6. The van der Waals surface area contributed by atoms with Crippen molar-refractivity contribution in [3.05, 3.63) is 26.2 Å². The van der Waals surface area contributed by atoms with Gasteiger partial charge in [-0.25, -0.2) is 9.59 Å². The average Bonchev–Trinajstić information content (AvgIpc) is 2.92. The van der Waals surface area contributed by atoms with Gasteiger partial charge in [0.05, 0.1) is 22.7 Å². The molecule has 11 heteroatoms.